The molecule has 0 atom stereocenters. The number of hydrogen-bond acceptors (Lipinski definition) is 6. The summed E-state index contributed by atoms with van der Waals surface area (Å²) >= 11 is 5.77. The Hall–Kier alpha value is -2.67. The van der Waals surface area contributed by atoms with E-state index in [1.165, 1.54) is 0 Å². The number of aromatic nitrogens is 3. The van der Waals surface area contributed by atoms with Gasteiger partial charge in [-0.15, -0.1) is 11.6 Å². The Labute approximate surface area is 181 Å². The highest BCUT2D eigenvalue weighted by Crippen LogP contribution is 2.34. The Morgan fingerprint density at radius 3 is 2.73 bits per heavy atom. The van der Waals surface area contributed by atoms with E-state index < -0.39 is 0 Å². The molecule has 0 bridgehead atoms. The summed E-state index contributed by atoms with van der Waals surface area (Å²) in [6, 6.07) is 9.95. The second-order valence-electron chi connectivity index (χ2n) is 7.50. The monoisotopic (exact) mass is 427 g/mol. The first-order valence-corrected chi connectivity index (χ1v) is 11.0. The average Bonchev–Trinajstić information content (AvgIpc) is 3.06. The van der Waals surface area contributed by atoms with E-state index in [1.54, 1.807) is 0 Å². The van der Waals surface area contributed by atoms with Crippen molar-refractivity contribution in [3.05, 3.63) is 36.2 Å². The number of fused-ring (bicyclic) bond motifs is 1. The zero-order valence-electron chi connectivity index (χ0n) is 17.2. The molecule has 158 valence electrons. The maximum Gasteiger partial charge on any atom is 0.263 e. The second-order valence-corrected chi connectivity index (χ2v) is 7.77. The molecule has 3 aromatic rings. The first kappa shape index (κ1) is 20.6. The molecule has 0 spiro atoms. The normalized spacial score (nSPS) is 14.9. The molecule has 0 radical (unpaired) electrons. The van der Waals surface area contributed by atoms with Crippen LogP contribution in [0.4, 0.5) is 5.82 Å². The van der Waals surface area contributed by atoms with Crippen molar-refractivity contribution in [1.82, 2.24) is 20.0 Å². The Kier molecular flexibility index (Phi) is 6.47. The summed E-state index contributed by atoms with van der Waals surface area (Å²) in [6.45, 7) is 4.95. The van der Waals surface area contributed by atoms with Gasteiger partial charge in [-0.05, 0) is 12.8 Å². The largest absolute Gasteiger partial charge is 0.354 e. The Morgan fingerprint density at radius 1 is 1.13 bits per heavy atom. The molecular weight excluding hydrogens is 402 g/mol. The van der Waals surface area contributed by atoms with Crippen molar-refractivity contribution in [3.63, 3.8) is 0 Å². The molecule has 2 aromatic heterocycles. The van der Waals surface area contributed by atoms with Gasteiger partial charge in [0.2, 0.25) is 5.91 Å². The number of anilines is 1. The minimum absolute atomic E-state index is 0.0166. The highest BCUT2D eigenvalue weighted by molar-refractivity contribution is 6.27. The standard InChI is InChI=1S/C22H26ClN5O2/c1-2-3-10-17-24-21(28-12-7-11-27(13-14-28)18(29)15-23)19-20(26-30-22(19)25-17)16-8-5-4-6-9-16/h4-6,8-9H,2-3,7,10-15H2,1H3. The number of hydrogen-bond donors (Lipinski definition) is 0. The number of amides is 1. The summed E-state index contributed by atoms with van der Waals surface area (Å²) in [6.07, 6.45) is 3.74. The van der Waals surface area contributed by atoms with E-state index in [-0.39, 0.29) is 11.8 Å². The lowest BCUT2D eigenvalue weighted by Crippen LogP contribution is -2.36. The van der Waals surface area contributed by atoms with Gasteiger partial charge < -0.3 is 14.3 Å². The lowest BCUT2D eigenvalue weighted by atomic mass is 10.1. The summed E-state index contributed by atoms with van der Waals surface area (Å²) in [7, 11) is 0. The molecule has 1 aromatic carbocycles. The van der Waals surface area contributed by atoms with Gasteiger partial charge in [-0.25, -0.2) is 4.98 Å². The van der Waals surface area contributed by atoms with E-state index in [1.807, 2.05) is 35.2 Å². The average molecular weight is 428 g/mol. The molecule has 1 fully saturated rings. The fraction of sp³-hybridized carbons (Fsp3) is 0.455. The van der Waals surface area contributed by atoms with Crippen LogP contribution in [0.5, 0.6) is 0 Å². The van der Waals surface area contributed by atoms with Crippen molar-refractivity contribution in [3.8, 4) is 11.3 Å². The predicted octanol–water partition coefficient (Wildman–Crippen LogP) is 3.90. The van der Waals surface area contributed by atoms with Crippen LogP contribution in [0.2, 0.25) is 0 Å². The number of rotatable bonds is 6. The molecule has 1 aliphatic rings. The van der Waals surface area contributed by atoms with Gasteiger partial charge in [-0.3, -0.25) is 4.79 Å². The summed E-state index contributed by atoms with van der Waals surface area (Å²) in [5.41, 5.74) is 2.24. The van der Waals surface area contributed by atoms with Gasteiger partial charge in [0.25, 0.3) is 5.71 Å². The number of nitrogens with zero attached hydrogens (tertiary/aromatic N) is 5. The first-order valence-electron chi connectivity index (χ1n) is 10.5. The molecule has 1 amide bonds. The summed E-state index contributed by atoms with van der Waals surface area (Å²) in [5.74, 6) is 1.60. The van der Waals surface area contributed by atoms with Crippen LogP contribution in [0, 0.1) is 0 Å². The van der Waals surface area contributed by atoms with Crippen molar-refractivity contribution in [2.24, 2.45) is 0 Å². The maximum absolute atomic E-state index is 12.1. The zero-order chi connectivity index (χ0) is 20.9. The lowest BCUT2D eigenvalue weighted by molar-refractivity contribution is -0.128. The van der Waals surface area contributed by atoms with Gasteiger partial charge in [-0.1, -0.05) is 48.8 Å². The van der Waals surface area contributed by atoms with Gasteiger partial charge in [0, 0.05) is 38.2 Å². The number of benzene rings is 1. The van der Waals surface area contributed by atoms with E-state index in [0.717, 1.165) is 60.5 Å². The lowest BCUT2D eigenvalue weighted by Gasteiger charge is -2.23. The van der Waals surface area contributed by atoms with Gasteiger partial charge >= 0.3 is 0 Å². The van der Waals surface area contributed by atoms with Crippen LogP contribution in [0.3, 0.4) is 0 Å². The molecular formula is C22H26ClN5O2. The summed E-state index contributed by atoms with van der Waals surface area (Å²) in [5, 5.41) is 5.17. The molecule has 8 heteroatoms. The molecule has 3 heterocycles. The number of alkyl halides is 1. The topological polar surface area (TPSA) is 75.4 Å². The molecule has 1 saturated heterocycles. The number of unbranched alkanes of at least 4 members (excludes halogenated alkanes) is 1. The molecule has 30 heavy (non-hydrogen) atoms. The first-order chi connectivity index (χ1) is 14.7. The van der Waals surface area contributed by atoms with Crippen molar-refractivity contribution in [2.45, 2.75) is 32.6 Å². The van der Waals surface area contributed by atoms with E-state index in [0.29, 0.717) is 25.3 Å². The highest BCUT2D eigenvalue weighted by Gasteiger charge is 2.25. The maximum atomic E-state index is 12.1. The van der Waals surface area contributed by atoms with Crippen molar-refractivity contribution >= 4 is 34.4 Å². The van der Waals surface area contributed by atoms with Crippen LogP contribution in [-0.4, -0.2) is 58.0 Å². The summed E-state index contributed by atoms with van der Waals surface area (Å²) < 4.78 is 5.65. The van der Waals surface area contributed by atoms with E-state index in [2.05, 4.69) is 22.0 Å². The minimum atomic E-state index is -0.0232. The zero-order valence-corrected chi connectivity index (χ0v) is 17.9. The van der Waals surface area contributed by atoms with Gasteiger partial charge in [0.1, 0.15) is 28.6 Å². The smallest absolute Gasteiger partial charge is 0.263 e. The van der Waals surface area contributed by atoms with Crippen LogP contribution in [-0.2, 0) is 11.2 Å². The van der Waals surface area contributed by atoms with Crippen molar-refractivity contribution in [1.29, 1.82) is 0 Å². The third kappa shape index (κ3) is 4.26. The van der Waals surface area contributed by atoms with Gasteiger partial charge in [0.15, 0.2) is 0 Å². The number of halogens is 1. The fourth-order valence-corrected chi connectivity index (χ4v) is 3.98. The molecule has 0 saturated carbocycles. The third-order valence-electron chi connectivity index (χ3n) is 5.43. The molecule has 0 aliphatic carbocycles. The molecule has 0 unspecified atom stereocenters. The minimum Gasteiger partial charge on any atom is -0.354 e. The van der Waals surface area contributed by atoms with Crippen molar-refractivity contribution < 1.29 is 9.32 Å². The van der Waals surface area contributed by atoms with E-state index >= 15 is 0 Å². The van der Waals surface area contributed by atoms with Crippen LogP contribution in [0.15, 0.2) is 34.9 Å². The molecule has 1 aliphatic heterocycles. The van der Waals surface area contributed by atoms with E-state index in [4.69, 9.17) is 21.1 Å². The second kappa shape index (κ2) is 9.43. The Bertz CT molecular complexity index is 1010. The molecule has 0 N–H and O–H groups in total. The fourth-order valence-electron chi connectivity index (χ4n) is 3.81. The van der Waals surface area contributed by atoms with Crippen LogP contribution >= 0.6 is 11.6 Å². The SMILES string of the molecule is CCCCc1nc(N2CCCN(C(=O)CCl)CC2)c2c(-c3ccccc3)noc2n1. The number of carbonyl (C=O) groups excluding carboxylic acids is 1. The van der Waals surface area contributed by atoms with E-state index in [9.17, 15) is 4.79 Å². The highest BCUT2D eigenvalue weighted by atomic mass is 35.5. The Balaban J connectivity index is 1.75. The van der Waals surface area contributed by atoms with Gasteiger partial charge in [-0.2, -0.15) is 4.98 Å². The molecule has 4 rings (SSSR count). The quantitative estimate of drug-likeness (QED) is 0.555. The third-order valence-corrected chi connectivity index (χ3v) is 5.66. The van der Waals surface area contributed by atoms with Crippen LogP contribution in [0.1, 0.15) is 32.0 Å². The van der Waals surface area contributed by atoms with Crippen molar-refractivity contribution in [2.75, 3.05) is 37.0 Å². The predicted molar refractivity (Wildman–Crippen MR) is 118 cm³/mol. The number of aryl methyl sites for hydroxylation is 1. The number of carbonyl (C=O) groups is 1. The van der Waals surface area contributed by atoms with Crippen LogP contribution < -0.4 is 4.90 Å². The van der Waals surface area contributed by atoms with Crippen LogP contribution in [0.25, 0.3) is 22.4 Å². The van der Waals surface area contributed by atoms with Gasteiger partial charge in [0.05, 0.1) is 0 Å². The molecule has 7 nitrogen and oxygen atoms in total. The Morgan fingerprint density at radius 2 is 1.97 bits per heavy atom. The summed E-state index contributed by atoms with van der Waals surface area (Å²) in [4.78, 5) is 25.7.